The summed E-state index contributed by atoms with van der Waals surface area (Å²) in [6.07, 6.45) is -4.49. The lowest BCUT2D eigenvalue weighted by molar-refractivity contribution is -0.137. The van der Waals surface area contributed by atoms with E-state index in [1.165, 1.54) is 28.9 Å². The maximum atomic E-state index is 14.4. The van der Waals surface area contributed by atoms with Gasteiger partial charge in [-0.15, -0.1) is 5.10 Å². The highest BCUT2D eigenvalue weighted by molar-refractivity contribution is 5.89. The van der Waals surface area contributed by atoms with Gasteiger partial charge in [0.15, 0.2) is 0 Å². The Hall–Kier alpha value is -2.97. The molecule has 0 spiro atoms. The summed E-state index contributed by atoms with van der Waals surface area (Å²) in [5, 5.41) is 7.46. The molecule has 0 aliphatic heterocycles. The second-order valence-electron chi connectivity index (χ2n) is 5.22. The normalized spacial score (nSPS) is 11.7. The van der Waals surface area contributed by atoms with Crippen LogP contribution in [0.4, 0.5) is 17.6 Å². The van der Waals surface area contributed by atoms with Gasteiger partial charge in [-0.3, -0.25) is 0 Å². The first-order valence-electron chi connectivity index (χ1n) is 7.07. The van der Waals surface area contributed by atoms with Crippen LogP contribution in [0.25, 0.3) is 11.0 Å². The lowest BCUT2D eigenvalue weighted by Crippen LogP contribution is -2.10. The van der Waals surface area contributed by atoms with Crippen LogP contribution >= 0.6 is 0 Å². The molecule has 130 valence electrons. The fourth-order valence-electron chi connectivity index (χ4n) is 2.40. The second kappa shape index (κ2) is 6.15. The van der Waals surface area contributed by atoms with Crippen LogP contribution in [0.5, 0.6) is 0 Å². The first-order valence-corrected chi connectivity index (χ1v) is 7.07. The SMILES string of the molecule is COC(=O)c1cccc(Cn2nnc3cc(C(F)(F)F)ccc32)c1F. The molecule has 0 N–H and O–H groups in total. The lowest BCUT2D eigenvalue weighted by Gasteiger charge is -2.08. The summed E-state index contributed by atoms with van der Waals surface area (Å²) in [5.41, 5.74) is -0.584. The van der Waals surface area contributed by atoms with Crippen LogP contribution in [-0.2, 0) is 17.5 Å². The van der Waals surface area contributed by atoms with Gasteiger partial charge in [-0.05, 0) is 24.3 Å². The smallest absolute Gasteiger partial charge is 0.416 e. The van der Waals surface area contributed by atoms with Gasteiger partial charge in [0, 0.05) is 5.56 Å². The summed E-state index contributed by atoms with van der Waals surface area (Å²) < 4.78 is 58.4. The third-order valence-corrected chi connectivity index (χ3v) is 3.65. The van der Waals surface area contributed by atoms with Crippen LogP contribution < -0.4 is 0 Å². The molecule has 1 heterocycles. The molecule has 1 aromatic heterocycles. The van der Waals surface area contributed by atoms with Crippen molar-refractivity contribution in [3.8, 4) is 0 Å². The van der Waals surface area contributed by atoms with Crippen molar-refractivity contribution in [1.82, 2.24) is 15.0 Å². The number of benzene rings is 2. The molecule has 0 radical (unpaired) electrons. The lowest BCUT2D eigenvalue weighted by atomic mass is 10.1. The first-order chi connectivity index (χ1) is 11.8. The number of fused-ring (bicyclic) bond motifs is 1. The zero-order valence-corrected chi connectivity index (χ0v) is 12.8. The van der Waals surface area contributed by atoms with Gasteiger partial charge in [-0.2, -0.15) is 13.2 Å². The Morgan fingerprint density at radius 3 is 2.68 bits per heavy atom. The molecule has 9 heteroatoms. The van der Waals surface area contributed by atoms with Crippen molar-refractivity contribution < 1.29 is 27.1 Å². The second-order valence-corrected chi connectivity index (χ2v) is 5.22. The summed E-state index contributed by atoms with van der Waals surface area (Å²) in [6, 6.07) is 7.20. The Morgan fingerprint density at radius 2 is 2.00 bits per heavy atom. The molecule has 0 amide bonds. The Balaban J connectivity index is 1.98. The van der Waals surface area contributed by atoms with E-state index >= 15 is 0 Å². The van der Waals surface area contributed by atoms with Crippen LogP contribution in [0.3, 0.4) is 0 Å². The molecular weight excluding hydrogens is 342 g/mol. The zero-order chi connectivity index (χ0) is 18.2. The number of hydrogen-bond donors (Lipinski definition) is 0. The molecule has 0 aliphatic rings. The van der Waals surface area contributed by atoms with E-state index in [1.807, 2.05) is 0 Å². The van der Waals surface area contributed by atoms with Gasteiger partial charge in [-0.1, -0.05) is 17.3 Å². The summed E-state index contributed by atoms with van der Waals surface area (Å²) in [7, 11) is 1.14. The van der Waals surface area contributed by atoms with Crippen molar-refractivity contribution in [2.45, 2.75) is 12.7 Å². The Bertz CT molecular complexity index is 950. The molecule has 2 aromatic carbocycles. The van der Waals surface area contributed by atoms with Crippen LogP contribution in [0.15, 0.2) is 36.4 Å². The summed E-state index contributed by atoms with van der Waals surface area (Å²) in [6.45, 7) is -0.0987. The van der Waals surface area contributed by atoms with E-state index < -0.39 is 23.5 Å². The van der Waals surface area contributed by atoms with Gasteiger partial charge in [0.25, 0.3) is 0 Å². The highest BCUT2D eigenvalue weighted by Crippen LogP contribution is 2.31. The Kier molecular flexibility index (Phi) is 4.15. The number of esters is 1. The minimum absolute atomic E-state index is 0.0411. The molecule has 0 atom stereocenters. The topological polar surface area (TPSA) is 57.0 Å². The van der Waals surface area contributed by atoms with Crippen molar-refractivity contribution >= 4 is 17.0 Å². The van der Waals surface area contributed by atoms with E-state index in [9.17, 15) is 22.4 Å². The maximum absolute atomic E-state index is 14.4. The van der Waals surface area contributed by atoms with E-state index in [0.29, 0.717) is 5.52 Å². The minimum atomic E-state index is -4.49. The van der Waals surface area contributed by atoms with E-state index in [-0.39, 0.29) is 23.2 Å². The minimum Gasteiger partial charge on any atom is -0.465 e. The quantitative estimate of drug-likeness (QED) is 0.535. The predicted molar refractivity (Wildman–Crippen MR) is 79.4 cm³/mol. The van der Waals surface area contributed by atoms with Crippen LogP contribution in [-0.4, -0.2) is 28.1 Å². The van der Waals surface area contributed by atoms with Crippen molar-refractivity contribution in [3.63, 3.8) is 0 Å². The molecular formula is C16H11F4N3O2. The fourth-order valence-corrected chi connectivity index (χ4v) is 2.40. The number of rotatable bonds is 3. The Labute approximate surface area is 138 Å². The fraction of sp³-hybridized carbons (Fsp3) is 0.188. The van der Waals surface area contributed by atoms with Crippen molar-refractivity contribution in [1.29, 1.82) is 0 Å². The molecule has 0 fully saturated rings. The number of hydrogen-bond acceptors (Lipinski definition) is 4. The van der Waals surface area contributed by atoms with Gasteiger partial charge in [0.05, 0.1) is 30.3 Å². The van der Waals surface area contributed by atoms with Gasteiger partial charge in [-0.25, -0.2) is 13.9 Å². The molecule has 0 unspecified atom stereocenters. The summed E-state index contributed by atoms with van der Waals surface area (Å²) in [5.74, 6) is -1.59. The van der Waals surface area contributed by atoms with Gasteiger partial charge in [0.1, 0.15) is 11.3 Å². The maximum Gasteiger partial charge on any atom is 0.416 e. The number of carbonyl (C=O) groups is 1. The monoisotopic (exact) mass is 353 g/mol. The molecule has 25 heavy (non-hydrogen) atoms. The van der Waals surface area contributed by atoms with E-state index in [1.54, 1.807) is 0 Å². The average molecular weight is 353 g/mol. The van der Waals surface area contributed by atoms with Gasteiger partial charge >= 0.3 is 12.1 Å². The number of ether oxygens (including phenoxy) is 1. The number of alkyl halides is 3. The third kappa shape index (κ3) is 3.17. The molecule has 5 nitrogen and oxygen atoms in total. The van der Waals surface area contributed by atoms with Crippen molar-refractivity contribution in [2.75, 3.05) is 7.11 Å². The molecule has 0 saturated carbocycles. The van der Waals surface area contributed by atoms with E-state index in [0.717, 1.165) is 19.2 Å². The van der Waals surface area contributed by atoms with E-state index in [2.05, 4.69) is 15.0 Å². The molecule has 0 bridgehead atoms. The average Bonchev–Trinajstić information content (AvgIpc) is 2.97. The van der Waals surface area contributed by atoms with Gasteiger partial charge in [0.2, 0.25) is 0 Å². The number of carbonyl (C=O) groups excluding carboxylic acids is 1. The first kappa shape index (κ1) is 16.9. The molecule has 3 aromatic rings. The summed E-state index contributed by atoms with van der Waals surface area (Å²) in [4.78, 5) is 11.5. The van der Waals surface area contributed by atoms with Gasteiger partial charge < -0.3 is 4.74 Å². The molecule has 0 aliphatic carbocycles. The van der Waals surface area contributed by atoms with Crippen molar-refractivity contribution in [3.05, 3.63) is 58.9 Å². The molecule has 3 rings (SSSR count). The van der Waals surface area contributed by atoms with E-state index in [4.69, 9.17) is 0 Å². The summed E-state index contributed by atoms with van der Waals surface area (Å²) >= 11 is 0. The van der Waals surface area contributed by atoms with Crippen LogP contribution in [0.1, 0.15) is 21.5 Å². The highest BCUT2D eigenvalue weighted by Gasteiger charge is 2.31. The molecule has 0 saturated heterocycles. The third-order valence-electron chi connectivity index (χ3n) is 3.65. The number of aromatic nitrogens is 3. The zero-order valence-electron chi connectivity index (χ0n) is 12.8. The standard InChI is InChI=1S/C16H11F4N3O2/c1-25-15(24)11-4-2-3-9(14(11)17)8-23-13-6-5-10(16(18,19)20)7-12(13)21-22-23/h2-7H,8H2,1H3. The predicted octanol–water partition coefficient (Wildman–Crippen LogP) is 3.42. The van der Waals surface area contributed by atoms with Crippen molar-refractivity contribution in [2.24, 2.45) is 0 Å². The largest absolute Gasteiger partial charge is 0.465 e. The number of methoxy groups -OCH3 is 1. The van der Waals surface area contributed by atoms with Crippen LogP contribution in [0.2, 0.25) is 0 Å². The number of halogens is 4. The Morgan fingerprint density at radius 1 is 1.24 bits per heavy atom. The van der Waals surface area contributed by atoms with Crippen LogP contribution in [0, 0.1) is 5.82 Å². The number of nitrogens with zero attached hydrogens (tertiary/aromatic N) is 3. The highest BCUT2D eigenvalue weighted by atomic mass is 19.4.